The summed E-state index contributed by atoms with van der Waals surface area (Å²) in [5.41, 5.74) is 2.09. The number of para-hydroxylation sites is 1. The molecule has 3 aromatic rings. The number of hydrogen-bond donors (Lipinski definition) is 3. The van der Waals surface area contributed by atoms with Crippen molar-refractivity contribution in [1.82, 2.24) is 14.9 Å². The number of aromatic hydroxyl groups is 2. The van der Waals surface area contributed by atoms with Crippen LogP contribution in [-0.4, -0.2) is 25.7 Å². The molecule has 0 aliphatic heterocycles. The van der Waals surface area contributed by atoms with Crippen molar-refractivity contribution >= 4 is 5.91 Å². The maximum atomic E-state index is 12.1. The Labute approximate surface area is 139 Å². The van der Waals surface area contributed by atoms with E-state index >= 15 is 0 Å². The zero-order valence-corrected chi connectivity index (χ0v) is 12.9. The van der Waals surface area contributed by atoms with Gasteiger partial charge in [-0.3, -0.25) is 4.79 Å². The van der Waals surface area contributed by atoms with E-state index in [-0.39, 0.29) is 11.3 Å². The van der Waals surface area contributed by atoms with E-state index in [9.17, 15) is 15.0 Å². The molecule has 0 fully saturated rings. The molecule has 6 heteroatoms. The number of carbonyl (C=O) groups is 1. The Kier molecular flexibility index (Phi) is 4.47. The minimum atomic E-state index is -0.441. The van der Waals surface area contributed by atoms with Gasteiger partial charge in [-0.05, 0) is 23.3 Å². The van der Waals surface area contributed by atoms with Crippen LogP contribution in [0.25, 0.3) is 0 Å². The van der Waals surface area contributed by atoms with Gasteiger partial charge in [0, 0.05) is 25.5 Å². The SMILES string of the molecule is O=C(NCc1cccc(Cn2ccnc2)c1)c1cccc(O)c1O. The van der Waals surface area contributed by atoms with Crippen LogP contribution < -0.4 is 5.32 Å². The molecule has 0 bridgehead atoms. The predicted octanol–water partition coefficient (Wildman–Crippen LogP) is 2.27. The number of carbonyl (C=O) groups excluding carboxylic acids is 1. The van der Waals surface area contributed by atoms with Crippen molar-refractivity contribution in [3.63, 3.8) is 0 Å². The molecule has 1 heterocycles. The van der Waals surface area contributed by atoms with E-state index in [1.807, 2.05) is 35.0 Å². The minimum Gasteiger partial charge on any atom is -0.504 e. The third-order valence-electron chi connectivity index (χ3n) is 3.63. The first-order chi connectivity index (χ1) is 11.6. The molecule has 2 aromatic carbocycles. The molecule has 0 unspecified atom stereocenters. The highest BCUT2D eigenvalue weighted by Gasteiger charge is 2.13. The van der Waals surface area contributed by atoms with E-state index in [1.165, 1.54) is 18.2 Å². The molecule has 0 aliphatic carbocycles. The Hall–Kier alpha value is -3.28. The fraction of sp³-hybridized carbons (Fsp3) is 0.111. The van der Waals surface area contributed by atoms with E-state index in [1.54, 1.807) is 12.5 Å². The lowest BCUT2D eigenvalue weighted by Gasteiger charge is -2.09. The summed E-state index contributed by atoms with van der Waals surface area (Å²) in [5.74, 6) is -1.17. The Balaban J connectivity index is 1.66. The molecule has 1 aromatic heterocycles. The van der Waals surface area contributed by atoms with Crippen molar-refractivity contribution in [2.75, 3.05) is 0 Å². The van der Waals surface area contributed by atoms with Crippen molar-refractivity contribution in [3.05, 3.63) is 77.9 Å². The number of imidazole rings is 1. The van der Waals surface area contributed by atoms with Gasteiger partial charge < -0.3 is 20.1 Å². The van der Waals surface area contributed by atoms with E-state index in [0.717, 1.165) is 11.1 Å². The summed E-state index contributed by atoms with van der Waals surface area (Å²) < 4.78 is 1.96. The average molecular weight is 323 g/mol. The fourth-order valence-electron chi connectivity index (χ4n) is 2.42. The molecular formula is C18H17N3O3. The van der Waals surface area contributed by atoms with Gasteiger partial charge in [-0.2, -0.15) is 0 Å². The Morgan fingerprint density at radius 2 is 1.92 bits per heavy atom. The molecule has 122 valence electrons. The number of aromatic nitrogens is 2. The lowest BCUT2D eigenvalue weighted by molar-refractivity contribution is 0.0947. The molecule has 24 heavy (non-hydrogen) atoms. The lowest BCUT2D eigenvalue weighted by Crippen LogP contribution is -2.22. The lowest BCUT2D eigenvalue weighted by atomic mass is 10.1. The van der Waals surface area contributed by atoms with Crippen molar-refractivity contribution < 1.29 is 15.0 Å². The summed E-state index contributed by atoms with van der Waals surface area (Å²) in [6, 6.07) is 12.1. The second-order valence-corrected chi connectivity index (χ2v) is 5.41. The van der Waals surface area contributed by atoms with Crippen molar-refractivity contribution in [3.8, 4) is 11.5 Å². The summed E-state index contributed by atoms with van der Waals surface area (Å²) in [4.78, 5) is 16.1. The number of nitrogens with zero attached hydrogens (tertiary/aromatic N) is 2. The first kappa shape index (κ1) is 15.6. The zero-order chi connectivity index (χ0) is 16.9. The Morgan fingerprint density at radius 3 is 2.71 bits per heavy atom. The van der Waals surface area contributed by atoms with Gasteiger partial charge in [0.1, 0.15) is 0 Å². The zero-order valence-electron chi connectivity index (χ0n) is 12.9. The van der Waals surface area contributed by atoms with Crippen LogP contribution in [0.3, 0.4) is 0 Å². The number of nitrogens with one attached hydrogen (secondary N) is 1. The largest absolute Gasteiger partial charge is 0.504 e. The number of benzene rings is 2. The quantitative estimate of drug-likeness (QED) is 0.629. The Morgan fingerprint density at radius 1 is 1.12 bits per heavy atom. The molecule has 3 N–H and O–H groups in total. The van der Waals surface area contributed by atoms with Gasteiger partial charge in [0.15, 0.2) is 11.5 Å². The van der Waals surface area contributed by atoms with Crippen LogP contribution >= 0.6 is 0 Å². The molecule has 1 amide bonds. The van der Waals surface area contributed by atoms with E-state index in [2.05, 4.69) is 10.3 Å². The van der Waals surface area contributed by atoms with Crippen LogP contribution in [0, 0.1) is 0 Å². The second-order valence-electron chi connectivity index (χ2n) is 5.41. The summed E-state index contributed by atoms with van der Waals surface area (Å²) in [7, 11) is 0. The topological polar surface area (TPSA) is 87.4 Å². The summed E-state index contributed by atoms with van der Waals surface area (Å²) in [5, 5.41) is 21.9. The van der Waals surface area contributed by atoms with Crippen molar-refractivity contribution in [2.45, 2.75) is 13.1 Å². The van der Waals surface area contributed by atoms with E-state index < -0.39 is 11.7 Å². The summed E-state index contributed by atoms with van der Waals surface area (Å²) in [6.07, 6.45) is 5.37. The normalized spacial score (nSPS) is 10.5. The molecular weight excluding hydrogens is 306 g/mol. The molecule has 0 saturated heterocycles. The standard InChI is InChI=1S/C18H17N3O3/c22-16-6-2-5-15(17(16)23)18(24)20-10-13-3-1-4-14(9-13)11-21-8-7-19-12-21/h1-9,12,22-23H,10-11H2,(H,20,24). The molecule has 0 spiro atoms. The molecule has 0 radical (unpaired) electrons. The predicted molar refractivity (Wildman–Crippen MR) is 88.7 cm³/mol. The number of hydrogen-bond acceptors (Lipinski definition) is 4. The highest BCUT2D eigenvalue weighted by atomic mass is 16.3. The van der Waals surface area contributed by atoms with Gasteiger partial charge in [-0.1, -0.05) is 30.3 Å². The van der Waals surface area contributed by atoms with Crippen LogP contribution in [0.4, 0.5) is 0 Å². The van der Waals surface area contributed by atoms with Gasteiger partial charge in [-0.15, -0.1) is 0 Å². The maximum Gasteiger partial charge on any atom is 0.255 e. The van der Waals surface area contributed by atoms with Gasteiger partial charge in [0.25, 0.3) is 5.91 Å². The number of phenols is 2. The highest BCUT2D eigenvalue weighted by Crippen LogP contribution is 2.27. The van der Waals surface area contributed by atoms with Crippen molar-refractivity contribution in [2.24, 2.45) is 0 Å². The number of amides is 1. The summed E-state index contributed by atoms with van der Waals surface area (Å²) >= 11 is 0. The number of rotatable bonds is 5. The van der Waals surface area contributed by atoms with E-state index in [4.69, 9.17) is 0 Å². The Bertz CT molecular complexity index is 844. The van der Waals surface area contributed by atoms with Gasteiger partial charge in [0.2, 0.25) is 0 Å². The van der Waals surface area contributed by atoms with Gasteiger partial charge in [-0.25, -0.2) is 4.98 Å². The number of phenolic OH excluding ortho intramolecular Hbond substituents is 2. The first-order valence-corrected chi connectivity index (χ1v) is 7.46. The fourth-order valence-corrected chi connectivity index (χ4v) is 2.42. The monoisotopic (exact) mass is 323 g/mol. The van der Waals surface area contributed by atoms with Crippen LogP contribution in [0.15, 0.2) is 61.2 Å². The van der Waals surface area contributed by atoms with Crippen molar-refractivity contribution in [1.29, 1.82) is 0 Å². The molecule has 0 saturated carbocycles. The molecule has 3 rings (SSSR count). The smallest absolute Gasteiger partial charge is 0.255 e. The highest BCUT2D eigenvalue weighted by molar-refractivity contribution is 5.97. The average Bonchev–Trinajstić information content (AvgIpc) is 3.08. The molecule has 6 nitrogen and oxygen atoms in total. The van der Waals surface area contributed by atoms with E-state index in [0.29, 0.717) is 13.1 Å². The van der Waals surface area contributed by atoms with Gasteiger partial charge in [0.05, 0.1) is 11.9 Å². The third kappa shape index (κ3) is 3.55. The molecule has 0 atom stereocenters. The van der Waals surface area contributed by atoms with Crippen LogP contribution in [0.2, 0.25) is 0 Å². The van der Waals surface area contributed by atoms with Crippen LogP contribution in [-0.2, 0) is 13.1 Å². The second kappa shape index (κ2) is 6.87. The summed E-state index contributed by atoms with van der Waals surface area (Å²) in [6.45, 7) is 1.03. The maximum absolute atomic E-state index is 12.1. The van der Waals surface area contributed by atoms with Crippen LogP contribution in [0.5, 0.6) is 11.5 Å². The third-order valence-corrected chi connectivity index (χ3v) is 3.63. The molecule has 0 aliphatic rings. The minimum absolute atomic E-state index is 0.0459. The first-order valence-electron chi connectivity index (χ1n) is 7.46. The van der Waals surface area contributed by atoms with Gasteiger partial charge >= 0.3 is 0 Å². The van der Waals surface area contributed by atoms with Crippen LogP contribution in [0.1, 0.15) is 21.5 Å².